The molecule has 0 saturated heterocycles. The van der Waals surface area contributed by atoms with Crippen molar-refractivity contribution in [3.8, 4) is 0 Å². The Labute approximate surface area is 146 Å². The van der Waals surface area contributed by atoms with E-state index in [0.29, 0.717) is 5.56 Å². The van der Waals surface area contributed by atoms with Crippen molar-refractivity contribution in [1.82, 2.24) is 4.57 Å². The molecule has 1 heterocycles. The molecule has 0 bridgehead atoms. The molecule has 24 heavy (non-hydrogen) atoms. The van der Waals surface area contributed by atoms with Crippen LogP contribution in [0.2, 0.25) is 0 Å². The fourth-order valence-electron chi connectivity index (χ4n) is 3.05. The van der Waals surface area contributed by atoms with E-state index in [2.05, 4.69) is 42.5 Å². The zero-order valence-corrected chi connectivity index (χ0v) is 15.6. The van der Waals surface area contributed by atoms with Crippen LogP contribution in [-0.4, -0.2) is 10.5 Å². The molecular formula is C20H22N2OS. The van der Waals surface area contributed by atoms with Crippen LogP contribution in [-0.2, 0) is 6.54 Å². The summed E-state index contributed by atoms with van der Waals surface area (Å²) in [6.45, 7) is 11.1. The molecule has 2 aromatic carbocycles. The largest absolute Gasteiger partial charge is 0.316 e. The Bertz CT molecular complexity index is 1010. The van der Waals surface area contributed by atoms with E-state index >= 15 is 0 Å². The molecule has 0 N–H and O–H groups in total. The zero-order valence-electron chi connectivity index (χ0n) is 14.8. The molecule has 3 rings (SSSR count). The van der Waals surface area contributed by atoms with Gasteiger partial charge in [-0.25, -0.2) is 0 Å². The molecule has 3 aromatic rings. The molecule has 0 aliphatic rings. The van der Waals surface area contributed by atoms with E-state index in [1.165, 1.54) is 21.3 Å². The molecule has 4 heteroatoms. The lowest BCUT2D eigenvalue weighted by molar-refractivity contribution is 0.0997. The molecule has 0 aliphatic carbocycles. The van der Waals surface area contributed by atoms with Gasteiger partial charge in [-0.05, 0) is 57.4 Å². The van der Waals surface area contributed by atoms with Gasteiger partial charge in [-0.1, -0.05) is 41.2 Å². The molecule has 0 radical (unpaired) electrons. The maximum atomic E-state index is 12.7. The van der Waals surface area contributed by atoms with Crippen LogP contribution in [0.3, 0.4) is 0 Å². The molecule has 3 nitrogen and oxygen atoms in total. The minimum Gasteiger partial charge on any atom is -0.316 e. The highest BCUT2D eigenvalue weighted by Crippen LogP contribution is 2.25. The van der Waals surface area contributed by atoms with E-state index < -0.39 is 0 Å². The number of thiazole rings is 1. The van der Waals surface area contributed by atoms with Crippen molar-refractivity contribution in [1.29, 1.82) is 0 Å². The Morgan fingerprint density at radius 1 is 1.04 bits per heavy atom. The van der Waals surface area contributed by atoms with E-state index in [0.717, 1.165) is 22.5 Å². The quantitative estimate of drug-likeness (QED) is 0.667. The van der Waals surface area contributed by atoms with Crippen molar-refractivity contribution in [3.63, 3.8) is 0 Å². The van der Waals surface area contributed by atoms with Crippen molar-refractivity contribution < 1.29 is 4.79 Å². The van der Waals surface area contributed by atoms with Crippen LogP contribution in [0.4, 0.5) is 0 Å². The van der Waals surface area contributed by atoms with Gasteiger partial charge in [0.15, 0.2) is 4.80 Å². The summed E-state index contributed by atoms with van der Waals surface area (Å²) in [5, 5.41) is 0. The summed E-state index contributed by atoms with van der Waals surface area (Å²) in [6, 6.07) is 10.1. The first-order valence-corrected chi connectivity index (χ1v) is 9.00. The highest BCUT2D eigenvalue weighted by atomic mass is 32.1. The molecule has 124 valence electrons. The molecule has 0 spiro atoms. The van der Waals surface area contributed by atoms with E-state index in [1.54, 1.807) is 11.3 Å². The summed E-state index contributed by atoms with van der Waals surface area (Å²) >= 11 is 1.60. The number of rotatable bonds is 2. The minimum atomic E-state index is -0.170. The number of benzene rings is 2. The van der Waals surface area contributed by atoms with Gasteiger partial charge in [0.2, 0.25) is 0 Å². The first kappa shape index (κ1) is 16.7. The third kappa shape index (κ3) is 2.82. The first-order valence-electron chi connectivity index (χ1n) is 8.18. The SMILES string of the molecule is CCn1c(=NC(=O)c2ccc(C)cc2C)sc2c(C)ccc(C)c21. The van der Waals surface area contributed by atoms with Gasteiger partial charge in [0.1, 0.15) is 0 Å². The number of amides is 1. The number of aromatic nitrogens is 1. The summed E-state index contributed by atoms with van der Waals surface area (Å²) < 4.78 is 3.35. The highest BCUT2D eigenvalue weighted by molar-refractivity contribution is 7.16. The van der Waals surface area contributed by atoms with E-state index in [1.807, 2.05) is 32.0 Å². The summed E-state index contributed by atoms with van der Waals surface area (Å²) in [4.78, 5) is 17.9. The fourth-order valence-corrected chi connectivity index (χ4v) is 4.29. The van der Waals surface area contributed by atoms with Crippen LogP contribution in [0.15, 0.2) is 35.3 Å². The average molecular weight is 338 g/mol. The number of aryl methyl sites for hydroxylation is 5. The van der Waals surface area contributed by atoms with Crippen LogP contribution in [0.1, 0.15) is 39.5 Å². The van der Waals surface area contributed by atoms with Crippen molar-refractivity contribution in [2.45, 2.75) is 41.2 Å². The summed E-state index contributed by atoms with van der Waals surface area (Å²) in [6.07, 6.45) is 0. The van der Waals surface area contributed by atoms with Crippen molar-refractivity contribution in [2.75, 3.05) is 0 Å². The van der Waals surface area contributed by atoms with Gasteiger partial charge in [-0.2, -0.15) is 4.99 Å². The van der Waals surface area contributed by atoms with Crippen LogP contribution in [0.25, 0.3) is 10.2 Å². The van der Waals surface area contributed by atoms with Gasteiger partial charge in [0.25, 0.3) is 5.91 Å². The lowest BCUT2D eigenvalue weighted by Gasteiger charge is -2.05. The number of hydrogen-bond acceptors (Lipinski definition) is 2. The predicted molar refractivity (Wildman–Crippen MR) is 101 cm³/mol. The third-order valence-electron chi connectivity index (χ3n) is 4.35. The van der Waals surface area contributed by atoms with E-state index in [4.69, 9.17) is 0 Å². The second-order valence-corrected chi connectivity index (χ2v) is 7.22. The Hall–Kier alpha value is -2.20. The van der Waals surface area contributed by atoms with E-state index in [-0.39, 0.29) is 5.91 Å². The molecule has 0 atom stereocenters. The van der Waals surface area contributed by atoms with Gasteiger partial charge in [-0.15, -0.1) is 0 Å². The highest BCUT2D eigenvalue weighted by Gasteiger charge is 2.12. The maximum Gasteiger partial charge on any atom is 0.279 e. The van der Waals surface area contributed by atoms with Gasteiger partial charge in [0.05, 0.1) is 10.2 Å². The summed E-state index contributed by atoms with van der Waals surface area (Å²) in [5.74, 6) is -0.170. The minimum absolute atomic E-state index is 0.170. The molecule has 1 amide bonds. The zero-order chi connectivity index (χ0) is 17.4. The normalized spacial score (nSPS) is 12.1. The van der Waals surface area contributed by atoms with Gasteiger partial charge >= 0.3 is 0 Å². The van der Waals surface area contributed by atoms with Crippen molar-refractivity contribution >= 4 is 27.5 Å². The Morgan fingerprint density at radius 3 is 2.42 bits per heavy atom. The van der Waals surface area contributed by atoms with Crippen molar-refractivity contribution in [3.05, 3.63) is 63.0 Å². The van der Waals surface area contributed by atoms with Crippen LogP contribution >= 0.6 is 11.3 Å². The lowest BCUT2D eigenvalue weighted by atomic mass is 10.1. The smallest absolute Gasteiger partial charge is 0.279 e. The molecule has 1 aromatic heterocycles. The van der Waals surface area contributed by atoms with Gasteiger partial charge in [-0.3, -0.25) is 4.79 Å². The van der Waals surface area contributed by atoms with Gasteiger partial charge in [0, 0.05) is 12.1 Å². The second kappa shape index (κ2) is 6.36. The molecule has 0 unspecified atom stereocenters. The summed E-state index contributed by atoms with van der Waals surface area (Å²) in [7, 11) is 0. The fraction of sp³-hybridized carbons (Fsp3) is 0.300. The Balaban J connectivity index is 2.21. The van der Waals surface area contributed by atoms with Crippen LogP contribution in [0.5, 0.6) is 0 Å². The Morgan fingerprint density at radius 2 is 1.75 bits per heavy atom. The monoisotopic (exact) mass is 338 g/mol. The first-order chi connectivity index (χ1) is 11.4. The number of hydrogen-bond donors (Lipinski definition) is 0. The molecule has 0 aliphatic heterocycles. The maximum absolute atomic E-state index is 12.7. The topological polar surface area (TPSA) is 34.4 Å². The second-order valence-electron chi connectivity index (χ2n) is 6.24. The number of carbonyl (C=O) groups is 1. The third-order valence-corrected chi connectivity index (χ3v) is 5.56. The molecule has 0 saturated carbocycles. The van der Waals surface area contributed by atoms with Crippen LogP contribution < -0.4 is 4.80 Å². The standard InChI is InChI=1S/C20H22N2OS/c1-6-22-17-13(3)8-9-14(4)18(17)24-20(22)21-19(23)16-10-7-12(2)11-15(16)5/h7-11H,6H2,1-5H3. The summed E-state index contributed by atoms with van der Waals surface area (Å²) in [5.41, 5.74) is 6.43. The molecular weight excluding hydrogens is 316 g/mol. The average Bonchev–Trinajstić information content (AvgIpc) is 2.90. The number of nitrogens with zero attached hydrogens (tertiary/aromatic N) is 2. The van der Waals surface area contributed by atoms with Crippen LogP contribution in [0, 0.1) is 27.7 Å². The predicted octanol–water partition coefficient (Wildman–Crippen LogP) is 4.70. The number of carbonyl (C=O) groups excluding carboxylic acids is 1. The lowest BCUT2D eigenvalue weighted by Crippen LogP contribution is -2.16. The van der Waals surface area contributed by atoms with Crippen molar-refractivity contribution in [2.24, 2.45) is 4.99 Å². The Kier molecular flexibility index (Phi) is 4.41. The van der Waals surface area contributed by atoms with Gasteiger partial charge < -0.3 is 4.57 Å². The van der Waals surface area contributed by atoms with E-state index in [9.17, 15) is 4.79 Å². The number of fused-ring (bicyclic) bond motifs is 1. The molecule has 0 fully saturated rings.